The van der Waals surface area contributed by atoms with E-state index in [1.165, 1.54) is 37.7 Å². The summed E-state index contributed by atoms with van der Waals surface area (Å²) in [5.74, 6) is 3.61. The summed E-state index contributed by atoms with van der Waals surface area (Å²) in [6, 6.07) is 20.8. The molecule has 2 aliphatic rings. The van der Waals surface area contributed by atoms with Crippen molar-refractivity contribution in [2.24, 2.45) is 17.8 Å². The molecule has 3 aromatic heterocycles. The fourth-order valence-corrected chi connectivity index (χ4v) is 6.53. The highest BCUT2D eigenvalue weighted by atomic mass is 16.5. The van der Waals surface area contributed by atoms with Crippen LogP contribution in [0.2, 0.25) is 0 Å². The number of ether oxygens (including phenoxy) is 1. The first-order valence-corrected chi connectivity index (χ1v) is 12.7. The van der Waals surface area contributed by atoms with Crippen LogP contribution in [-0.2, 0) is 6.42 Å². The van der Waals surface area contributed by atoms with Gasteiger partial charge in [-0.05, 0) is 91.0 Å². The van der Waals surface area contributed by atoms with Crippen LogP contribution in [0, 0.1) is 17.8 Å². The lowest BCUT2D eigenvalue weighted by Crippen LogP contribution is -2.13. The Bertz CT molecular complexity index is 1550. The van der Waals surface area contributed by atoms with Gasteiger partial charge in [-0.25, -0.2) is 0 Å². The molecule has 35 heavy (non-hydrogen) atoms. The molecule has 2 saturated carbocycles. The zero-order valence-electron chi connectivity index (χ0n) is 19.9. The van der Waals surface area contributed by atoms with Crippen LogP contribution in [0.1, 0.15) is 31.2 Å². The maximum absolute atomic E-state index is 6.21. The quantitative estimate of drug-likeness (QED) is 0.270. The van der Waals surface area contributed by atoms with Crippen molar-refractivity contribution in [3.63, 3.8) is 0 Å². The molecule has 4 heteroatoms. The third kappa shape index (κ3) is 3.59. The molecule has 0 spiro atoms. The highest BCUT2D eigenvalue weighted by Crippen LogP contribution is 2.49. The van der Waals surface area contributed by atoms with Crippen LogP contribution in [-0.4, -0.2) is 17.1 Å². The molecule has 0 aliphatic heterocycles. The average molecular weight is 461 g/mol. The molecule has 174 valence electrons. The van der Waals surface area contributed by atoms with Gasteiger partial charge in [0.15, 0.2) is 5.58 Å². The van der Waals surface area contributed by atoms with Crippen molar-refractivity contribution >= 4 is 22.1 Å². The van der Waals surface area contributed by atoms with Crippen LogP contribution >= 0.6 is 0 Å². The van der Waals surface area contributed by atoms with E-state index in [9.17, 15) is 0 Å². The van der Waals surface area contributed by atoms with Gasteiger partial charge >= 0.3 is 0 Å². The van der Waals surface area contributed by atoms with Crippen LogP contribution in [0.4, 0.5) is 0 Å². The molecule has 0 saturated heterocycles. The number of pyridine rings is 2. The summed E-state index contributed by atoms with van der Waals surface area (Å²) in [6.07, 6.45) is 10.8. The Morgan fingerprint density at radius 3 is 2.71 bits per heavy atom. The van der Waals surface area contributed by atoms with Gasteiger partial charge in [0.2, 0.25) is 0 Å². The minimum atomic E-state index is 0.787. The van der Waals surface area contributed by atoms with Crippen molar-refractivity contribution in [3.8, 4) is 28.1 Å². The fourth-order valence-electron chi connectivity index (χ4n) is 6.53. The predicted octanol–water partition coefficient (Wildman–Crippen LogP) is 7.70. The van der Waals surface area contributed by atoms with E-state index in [0.29, 0.717) is 0 Å². The highest BCUT2D eigenvalue weighted by molar-refractivity contribution is 6.04. The molecule has 5 aromatic rings. The maximum atomic E-state index is 6.21. The van der Waals surface area contributed by atoms with E-state index in [2.05, 4.69) is 41.4 Å². The summed E-state index contributed by atoms with van der Waals surface area (Å²) >= 11 is 0. The molecule has 4 nitrogen and oxygen atoms in total. The number of hydrogen-bond acceptors (Lipinski definition) is 4. The monoisotopic (exact) mass is 460 g/mol. The van der Waals surface area contributed by atoms with E-state index in [-0.39, 0.29) is 0 Å². The number of methoxy groups -OCH3 is 1. The number of para-hydroxylation sites is 1. The molecule has 7 rings (SSSR count). The second-order valence-electron chi connectivity index (χ2n) is 10.3. The first-order chi connectivity index (χ1) is 17.2. The largest absolute Gasteiger partial charge is 0.496 e. The molecule has 2 fully saturated rings. The average Bonchev–Trinajstić information content (AvgIpc) is 3.62. The van der Waals surface area contributed by atoms with Gasteiger partial charge < -0.3 is 9.15 Å². The number of benzene rings is 2. The van der Waals surface area contributed by atoms with E-state index < -0.39 is 0 Å². The van der Waals surface area contributed by atoms with E-state index >= 15 is 0 Å². The Balaban J connectivity index is 1.22. The number of nitrogens with zero attached hydrogens (tertiary/aromatic N) is 2. The zero-order valence-corrected chi connectivity index (χ0v) is 19.9. The molecule has 2 aliphatic carbocycles. The van der Waals surface area contributed by atoms with E-state index in [0.717, 1.165) is 68.0 Å². The normalized spacial score (nSPS) is 21.2. The molecule has 3 unspecified atom stereocenters. The first kappa shape index (κ1) is 20.7. The summed E-state index contributed by atoms with van der Waals surface area (Å²) in [6.45, 7) is 0. The van der Waals surface area contributed by atoms with Crippen LogP contribution in [0.15, 0.2) is 77.5 Å². The Morgan fingerprint density at radius 1 is 0.914 bits per heavy atom. The molecule has 0 amide bonds. The van der Waals surface area contributed by atoms with Crippen molar-refractivity contribution in [3.05, 3.63) is 78.6 Å². The number of rotatable bonds is 5. The molecule has 3 heterocycles. The number of hydrogen-bond donors (Lipinski definition) is 0. The Morgan fingerprint density at radius 2 is 1.86 bits per heavy atom. The lowest BCUT2D eigenvalue weighted by Gasteiger charge is -2.21. The highest BCUT2D eigenvalue weighted by Gasteiger charge is 2.39. The van der Waals surface area contributed by atoms with Gasteiger partial charge in [0.1, 0.15) is 16.8 Å². The zero-order chi connectivity index (χ0) is 23.4. The minimum absolute atomic E-state index is 0.787. The third-order valence-corrected chi connectivity index (χ3v) is 8.23. The Labute approximate surface area is 205 Å². The van der Waals surface area contributed by atoms with Crippen molar-refractivity contribution in [1.82, 2.24) is 9.97 Å². The summed E-state index contributed by atoms with van der Waals surface area (Å²) in [5.41, 5.74) is 7.98. The molecule has 0 radical (unpaired) electrons. The molecule has 3 atom stereocenters. The molecular weight excluding hydrogens is 432 g/mol. The lowest BCUT2D eigenvalue weighted by atomic mass is 9.84. The summed E-state index contributed by atoms with van der Waals surface area (Å²) in [7, 11) is 1.70. The smallest absolute Gasteiger partial charge is 0.154 e. The van der Waals surface area contributed by atoms with Crippen molar-refractivity contribution in [1.29, 1.82) is 0 Å². The van der Waals surface area contributed by atoms with E-state index in [1.807, 2.05) is 36.7 Å². The Hall–Kier alpha value is -3.66. The number of furan rings is 1. The topological polar surface area (TPSA) is 48.2 Å². The second kappa shape index (κ2) is 8.23. The molecule has 2 bridgehead atoms. The van der Waals surface area contributed by atoms with Gasteiger partial charge in [-0.3, -0.25) is 9.97 Å². The first-order valence-electron chi connectivity index (χ1n) is 12.7. The fraction of sp³-hybridized carbons (Fsp3) is 0.290. The minimum Gasteiger partial charge on any atom is -0.496 e. The number of fused-ring (bicyclic) bond motifs is 5. The summed E-state index contributed by atoms with van der Waals surface area (Å²) in [5, 5.41) is 1.01. The summed E-state index contributed by atoms with van der Waals surface area (Å²) in [4.78, 5) is 9.49. The molecule has 0 N–H and O–H groups in total. The summed E-state index contributed by atoms with van der Waals surface area (Å²) < 4.78 is 11.8. The van der Waals surface area contributed by atoms with E-state index in [4.69, 9.17) is 14.1 Å². The van der Waals surface area contributed by atoms with Gasteiger partial charge in [0.25, 0.3) is 0 Å². The Kier molecular flexibility index (Phi) is 4.86. The lowest BCUT2D eigenvalue weighted by molar-refractivity contribution is 0.331. The SMILES string of the molecule is COc1ccccc1-c1ccc2oc3cc(-c4cc(CC5CC6CCC5C6)ccn4)cnc3c2c1. The van der Waals surface area contributed by atoms with Crippen LogP contribution in [0.25, 0.3) is 44.5 Å². The van der Waals surface area contributed by atoms with Crippen molar-refractivity contribution in [2.75, 3.05) is 7.11 Å². The van der Waals surface area contributed by atoms with Gasteiger partial charge in [-0.15, -0.1) is 0 Å². The van der Waals surface area contributed by atoms with Gasteiger partial charge in [-0.1, -0.05) is 30.7 Å². The van der Waals surface area contributed by atoms with Gasteiger partial charge in [-0.2, -0.15) is 0 Å². The standard InChI is InChI=1S/C31H28N2O2/c1-34-28-5-3-2-4-25(28)22-8-9-29-26(16-22)31-30(35-29)17-24(18-33-31)27-15-20(10-11-32-27)14-23-13-19-6-7-21(23)12-19/h2-5,8-11,15-19,21,23H,6-7,12-14H2,1H3. The van der Waals surface area contributed by atoms with Crippen LogP contribution in [0.5, 0.6) is 5.75 Å². The predicted molar refractivity (Wildman–Crippen MR) is 139 cm³/mol. The maximum Gasteiger partial charge on any atom is 0.154 e. The number of aromatic nitrogens is 2. The molecule has 2 aromatic carbocycles. The third-order valence-electron chi connectivity index (χ3n) is 8.23. The van der Waals surface area contributed by atoms with Crippen LogP contribution in [0.3, 0.4) is 0 Å². The van der Waals surface area contributed by atoms with Gasteiger partial charge in [0.05, 0.1) is 12.8 Å². The van der Waals surface area contributed by atoms with Crippen molar-refractivity contribution in [2.45, 2.75) is 32.1 Å². The van der Waals surface area contributed by atoms with Crippen LogP contribution < -0.4 is 4.74 Å². The van der Waals surface area contributed by atoms with Gasteiger partial charge in [0, 0.05) is 28.9 Å². The van der Waals surface area contributed by atoms with E-state index in [1.54, 1.807) is 7.11 Å². The van der Waals surface area contributed by atoms with Crippen molar-refractivity contribution < 1.29 is 9.15 Å². The second-order valence-corrected chi connectivity index (χ2v) is 10.3. The molecular formula is C31H28N2O2.